The molecule has 1 fully saturated rings. The molecular weight excluding hydrogens is 290 g/mol. The molecule has 0 unspecified atom stereocenters. The summed E-state index contributed by atoms with van der Waals surface area (Å²) < 4.78 is 31.9. The molecule has 5 nitrogen and oxygen atoms in total. The Morgan fingerprint density at radius 2 is 1.95 bits per heavy atom. The van der Waals surface area contributed by atoms with Gasteiger partial charge in [0.15, 0.2) is 0 Å². The van der Waals surface area contributed by atoms with Crippen LogP contribution in [0.2, 0.25) is 0 Å². The van der Waals surface area contributed by atoms with Crippen LogP contribution in [-0.4, -0.2) is 44.1 Å². The van der Waals surface area contributed by atoms with E-state index < -0.39 is 15.6 Å². The number of benzene rings is 1. The highest BCUT2D eigenvalue weighted by molar-refractivity contribution is 7.89. The molecule has 0 amide bonds. The zero-order valence-electron chi connectivity index (χ0n) is 12.8. The normalized spacial score (nSPS) is 18.1. The van der Waals surface area contributed by atoms with Crippen LogP contribution in [0.15, 0.2) is 23.1 Å². The molecule has 1 aromatic carbocycles. The molecule has 0 radical (unpaired) electrons. The van der Waals surface area contributed by atoms with E-state index in [-0.39, 0.29) is 11.4 Å². The third-order valence-electron chi connectivity index (χ3n) is 4.06. The van der Waals surface area contributed by atoms with Crippen molar-refractivity contribution in [2.75, 3.05) is 20.7 Å². The topological polar surface area (TPSA) is 66.8 Å². The first-order valence-electron chi connectivity index (χ1n) is 7.12. The van der Waals surface area contributed by atoms with Crippen LogP contribution in [0.5, 0.6) is 5.75 Å². The van der Waals surface area contributed by atoms with E-state index in [1.807, 2.05) is 13.0 Å². The number of ether oxygens (including phenoxy) is 1. The number of hydrogen-bond donors (Lipinski definition) is 1. The van der Waals surface area contributed by atoms with Crippen molar-refractivity contribution in [3.05, 3.63) is 23.8 Å². The average molecular weight is 313 g/mol. The summed E-state index contributed by atoms with van der Waals surface area (Å²) >= 11 is 0. The van der Waals surface area contributed by atoms with Crippen LogP contribution in [0.1, 0.15) is 31.2 Å². The molecule has 0 saturated heterocycles. The first kappa shape index (κ1) is 16.3. The summed E-state index contributed by atoms with van der Waals surface area (Å²) in [7, 11) is -0.722. The summed E-state index contributed by atoms with van der Waals surface area (Å²) in [6.07, 6.45) is 3.19. The summed E-state index contributed by atoms with van der Waals surface area (Å²) in [6.45, 7) is 1.95. The molecule has 0 atom stereocenters. The zero-order chi connectivity index (χ0) is 15.7. The van der Waals surface area contributed by atoms with Crippen LogP contribution in [0.3, 0.4) is 0 Å². The molecule has 0 bridgehead atoms. The lowest BCUT2D eigenvalue weighted by atomic mass is 10.0. The number of rotatable bonds is 5. The Bertz CT molecular complexity index is 606. The maximum atomic E-state index is 12.7. The molecule has 21 heavy (non-hydrogen) atoms. The zero-order valence-corrected chi connectivity index (χ0v) is 13.6. The van der Waals surface area contributed by atoms with Crippen LogP contribution >= 0.6 is 0 Å². The molecule has 0 spiro atoms. The predicted molar refractivity (Wildman–Crippen MR) is 81.0 cm³/mol. The van der Waals surface area contributed by atoms with Crippen molar-refractivity contribution >= 4 is 10.0 Å². The van der Waals surface area contributed by atoms with Gasteiger partial charge in [0, 0.05) is 13.6 Å². The molecule has 1 N–H and O–H groups in total. The Morgan fingerprint density at radius 3 is 2.52 bits per heavy atom. The number of methoxy groups -OCH3 is 1. The summed E-state index contributed by atoms with van der Waals surface area (Å²) in [5, 5.41) is 10.4. The van der Waals surface area contributed by atoms with Gasteiger partial charge in [-0.05, 0) is 37.5 Å². The van der Waals surface area contributed by atoms with E-state index in [0.717, 1.165) is 18.4 Å². The highest BCUT2D eigenvalue weighted by Crippen LogP contribution is 2.33. The molecule has 0 aliphatic heterocycles. The Kier molecular flexibility index (Phi) is 4.60. The Hall–Kier alpha value is -1.11. The molecule has 6 heteroatoms. The van der Waals surface area contributed by atoms with Gasteiger partial charge in [-0.25, -0.2) is 8.42 Å². The van der Waals surface area contributed by atoms with Crippen LogP contribution in [0.4, 0.5) is 0 Å². The largest absolute Gasteiger partial charge is 0.495 e. The summed E-state index contributed by atoms with van der Waals surface area (Å²) in [6, 6.07) is 5.06. The van der Waals surface area contributed by atoms with E-state index in [4.69, 9.17) is 4.74 Å². The van der Waals surface area contributed by atoms with Gasteiger partial charge in [-0.3, -0.25) is 0 Å². The van der Waals surface area contributed by atoms with E-state index in [0.29, 0.717) is 18.6 Å². The first-order valence-corrected chi connectivity index (χ1v) is 8.56. The van der Waals surface area contributed by atoms with Gasteiger partial charge >= 0.3 is 0 Å². The predicted octanol–water partition coefficient (Wildman–Crippen LogP) is 1.93. The van der Waals surface area contributed by atoms with Crippen LogP contribution in [0, 0.1) is 6.92 Å². The molecule has 1 aromatic rings. The Morgan fingerprint density at radius 1 is 1.33 bits per heavy atom. The Labute approximate surface area is 126 Å². The van der Waals surface area contributed by atoms with Crippen molar-refractivity contribution < 1.29 is 18.3 Å². The lowest BCUT2D eigenvalue weighted by Gasteiger charge is -2.28. The number of aliphatic hydroxyl groups is 1. The maximum absolute atomic E-state index is 12.7. The number of aryl methyl sites for hydroxylation is 1. The van der Waals surface area contributed by atoms with Crippen molar-refractivity contribution in [2.45, 2.75) is 43.1 Å². The van der Waals surface area contributed by atoms with E-state index in [1.165, 1.54) is 18.5 Å². The van der Waals surface area contributed by atoms with Crippen molar-refractivity contribution in [2.24, 2.45) is 0 Å². The first-order chi connectivity index (χ1) is 9.78. The van der Waals surface area contributed by atoms with E-state index in [9.17, 15) is 13.5 Å². The summed E-state index contributed by atoms with van der Waals surface area (Å²) in [4.78, 5) is 0.147. The summed E-state index contributed by atoms with van der Waals surface area (Å²) in [5.41, 5.74) is -0.0545. The number of nitrogens with zero attached hydrogens (tertiary/aromatic N) is 1. The van der Waals surface area contributed by atoms with Crippen molar-refractivity contribution in [3.8, 4) is 5.75 Å². The van der Waals surface area contributed by atoms with Gasteiger partial charge in [-0.2, -0.15) is 4.31 Å². The quantitative estimate of drug-likeness (QED) is 0.902. The third-order valence-corrected chi connectivity index (χ3v) is 5.88. The van der Waals surface area contributed by atoms with Crippen molar-refractivity contribution in [1.29, 1.82) is 0 Å². The molecule has 1 aliphatic rings. The molecule has 2 rings (SSSR count). The SMILES string of the molecule is COc1ccc(C)cc1S(=O)(=O)N(C)CC1(O)CCCC1. The van der Waals surface area contributed by atoms with Gasteiger partial charge in [-0.15, -0.1) is 0 Å². The minimum atomic E-state index is -3.68. The van der Waals surface area contributed by atoms with Gasteiger partial charge in [0.1, 0.15) is 10.6 Å². The molecule has 1 aliphatic carbocycles. The van der Waals surface area contributed by atoms with Gasteiger partial charge < -0.3 is 9.84 Å². The Balaban J connectivity index is 2.31. The summed E-state index contributed by atoms with van der Waals surface area (Å²) in [5.74, 6) is 0.325. The molecule has 0 heterocycles. The third kappa shape index (κ3) is 3.39. The fourth-order valence-corrected chi connectivity index (χ4v) is 4.33. The van der Waals surface area contributed by atoms with Crippen LogP contribution in [0.25, 0.3) is 0 Å². The lowest BCUT2D eigenvalue weighted by molar-refractivity contribution is 0.0333. The average Bonchev–Trinajstić information content (AvgIpc) is 2.85. The monoisotopic (exact) mass is 313 g/mol. The second-order valence-electron chi connectivity index (χ2n) is 5.85. The second kappa shape index (κ2) is 5.94. The fourth-order valence-electron chi connectivity index (χ4n) is 2.84. The molecule has 118 valence electrons. The number of likely N-dealkylation sites (N-methyl/N-ethyl adjacent to an activating group) is 1. The van der Waals surface area contributed by atoms with Crippen LogP contribution < -0.4 is 4.74 Å². The van der Waals surface area contributed by atoms with Crippen LogP contribution in [-0.2, 0) is 10.0 Å². The van der Waals surface area contributed by atoms with Gasteiger partial charge in [-0.1, -0.05) is 18.9 Å². The van der Waals surface area contributed by atoms with Gasteiger partial charge in [0.25, 0.3) is 0 Å². The fraction of sp³-hybridized carbons (Fsp3) is 0.600. The van der Waals surface area contributed by atoms with Gasteiger partial charge in [0.2, 0.25) is 10.0 Å². The minimum Gasteiger partial charge on any atom is -0.495 e. The van der Waals surface area contributed by atoms with E-state index in [2.05, 4.69) is 0 Å². The lowest BCUT2D eigenvalue weighted by Crippen LogP contribution is -2.42. The van der Waals surface area contributed by atoms with E-state index >= 15 is 0 Å². The highest BCUT2D eigenvalue weighted by Gasteiger charge is 2.36. The smallest absolute Gasteiger partial charge is 0.246 e. The second-order valence-corrected chi connectivity index (χ2v) is 7.86. The van der Waals surface area contributed by atoms with Crippen molar-refractivity contribution in [3.63, 3.8) is 0 Å². The van der Waals surface area contributed by atoms with Crippen molar-refractivity contribution in [1.82, 2.24) is 4.31 Å². The molecule has 1 saturated carbocycles. The van der Waals surface area contributed by atoms with E-state index in [1.54, 1.807) is 12.1 Å². The standard InChI is InChI=1S/C15H23NO4S/c1-12-6-7-13(20-3)14(10-12)21(18,19)16(2)11-15(17)8-4-5-9-15/h6-7,10,17H,4-5,8-9,11H2,1-3H3. The highest BCUT2D eigenvalue weighted by atomic mass is 32.2. The number of sulfonamides is 1. The molecular formula is C15H23NO4S. The maximum Gasteiger partial charge on any atom is 0.246 e. The number of hydrogen-bond acceptors (Lipinski definition) is 4. The minimum absolute atomic E-state index is 0.117. The molecule has 0 aromatic heterocycles. The van der Waals surface area contributed by atoms with Gasteiger partial charge in [0.05, 0.1) is 12.7 Å².